The van der Waals surface area contributed by atoms with Crippen LogP contribution in [0.15, 0.2) is 36.9 Å². The van der Waals surface area contributed by atoms with Crippen LogP contribution in [0.1, 0.15) is 32.8 Å². The number of esters is 1. The van der Waals surface area contributed by atoms with E-state index in [-0.39, 0.29) is 24.3 Å². The Hall–Kier alpha value is -2.87. The average molecular weight is 448 g/mol. The first-order chi connectivity index (χ1) is 15.1. The van der Waals surface area contributed by atoms with E-state index in [4.69, 9.17) is 15.2 Å². The summed E-state index contributed by atoms with van der Waals surface area (Å²) < 4.78 is 10.3. The van der Waals surface area contributed by atoms with E-state index in [2.05, 4.69) is 6.58 Å². The zero-order valence-corrected chi connectivity index (χ0v) is 20.0. The van der Waals surface area contributed by atoms with Crippen LogP contribution in [0.3, 0.4) is 0 Å². The molecule has 0 radical (unpaired) electrons. The first-order valence-electron chi connectivity index (χ1n) is 10.8. The number of likely N-dealkylation sites (N-methyl/N-ethyl adjacent to an activating group) is 2. The van der Waals surface area contributed by atoms with Crippen molar-refractivity contribution in [3.63, 3.8) is 0 Å². The molecule has 0 unspecified atom stereocenters. The molecular weight excluding hydrogens is 410 g/mol. The molecule has 1 aromatic carbocycles. The van der Waals surface area contributed by atoms with Gasteiger partial charge in [-0.3, -0.25) is 9.59 Å². The third kappa shape index (κ3) is 7.09. The summed E-state index contributed by atoms with van der Waals surface area (Å²) in [6.45, 7) is 9.06. The van der Waals surface area contributed by atoms with Crippen molar-refractivity contribution < 1.29 is 23.9 Å². The van der Waals surface area contributed by atoms with Crippen molar-refractivity contribution in [2.45, 2.75) is 51.7 Å². The molecule has 32 heavy (non-hydrogen) atoms. The minimum absolute atomic E-state index is 0.0714. The molecule has 8 nitrogen and oxygen atoms in total. The SMILES string of the molecule is C=CCOC(=O)[C@H]([C@@H](C)CC)N(C)C(=O)[C@H](C)N(C)C(=O)[C@@H](N)Cc1ccc(OC)cc1. The zero-order valence-electron chi connectivity index (χ0n) is 20.0. The second kappa shape index (κ2) is 12.9. The number of ether oxygens (including phenoxy) is 2. The molecule has 8 heteroatoms. The number of hydrogen-bond donors (Lipinski definition) is 1. The molecule has 1 aromatic rings. The number of nitrogens with zero attached hydrogens (tertiary/aromatic N) is 2. The summed E-state index contributed by atoms with van der Waals surface area (Å²) in [7, 11) is 4.68. The van der Waals surface area contributed by atoms with E-state index in [0.29, 0.717) is 12.8 Å². The van der Waals surface area contributed by atoms with Crippen LogP contribution in [0.2, 0.25) is 0 Å². The minimum Gasteiger partial charge on any atom is -0.497 e. The third-order valence-electron chi connectivity index (χ3n) is 5.75. The molecule has 2 amide bonds. The number of hydrogen-bond acceptors (Lipinski definition) is 6. The molecule has 0 aliphatic carbocycles. The van der Waals surface area contributed by atoms with Gasteiger partial charge in [0, 0.05) is 14.1 Å². The Morgan fingerprint density at radius 1 is 1.09 bits per heavy atom. The van der Waals surface area contributed by atoms with Crippen LogP contribution < -0.4 is 10.5 Å². The fourth-order valence-electron chi connectivity index (χ4n) is 3.37. The Labute approximate surface area is 191 Å². The number of nitrogens with two attached hydrogens (primary N) is 1. The van der Waals surface area contributed by atoms with Crippen molar-refractivity contribution in [2.24, 2.45) is 11.7 Å². The monoisotopic (exact) mass is 447 g/mol. The van der Waals surface area contributed by atoms with Crippen LogP contribution in [0.4, 0.5) is 0 Å². The molecule has 0 fully saturated rings. The number of carbonyl (C=O) groups is 3. The van der Waals surface area contributed by atoms with Gasteiger partial charge in [-0.1, -0.05) is 45.1 Å². The maximum atomic E-state index is 13.1. The highest BCUT2D eigenvalue weighted by Crippen LogP contribution is 2.18. The molecule has 2 N–H and O–H groups in total. The molecular formula is C24H37N3O5. The summed E-state index contributed by atoms with van der Waals surface area (Å²) in [5.41, 5.74) is 7.02. The van der Waals surface area contributed by atoms with Crippen molar-refractivity contribution in [2.75, 3.05) is 27.8 Å². The number of rotatable bonds is 12. The van der Waals surface area contributed by atoms with Gasteiger partial charge in [-0.25, -0.2) is 4.79 Å². The molecule has 0 aliphatic rings. The summed E-state index contributed by atoms with van der Waals surface area (Å²) in [5.74, 6) is -0.613. The van der Waals surface area contributed by atoms with Crippen LogP contribution in [0.5, 0.6) is 5.75 Å². The Balaban J connectivity index is 2.88. The van der Waals surface area contributed by atoms with Gasteiger partial charge in [-0.2, -0.15) is 0 Å². The van der Waals surface area contributed by atoms with E-state index in [9.17, 15) is 14.4 Å². The van der Waals surface area contributed by atoms with Gasteiger partial charge in [0.1, 0.15) is 24.4 Å². The van der Waals surface area contributed by atoms with E-state index in [0.717, 1.165) is 11.3 Å². The lowest BCUT2D eigenvalue weighted by Crippen LogP contribution is -2.56. The molecule has 4 atom stereocenters. The largest absolute Gasteiger partial charge is 0.497 e. The van der Waals surface area contributed by atoms with Crippen LogP contribution in [-0.2, 0) is 25.5 Å². The number of amides is 2. The average Bonchev–Trinajstić information content (AvgIpc) is 2.80. The lowest BCUT2D eigenvalue weighted by atomic mass is 9.97. The zero-order chi connectivity index (χ0) is 24.4. The van der Waals surface area contributed by atoms with Crippen molar-refractivity contribution in [1.82, 2.24) is 9.80 Å². The molecule has 0 bridgehead atoms. The molecule has 178 valence electrons. The maximum Gasteiger partial charge on any atom is 0.329 e. The fourth-order valence-corrected chi connectivity index (χ4v) is 3.37. The summed E-state index contributed by atoms with van der Waals surface area (Å²) in [4.78, 5) is 41.3. The Kier molecular flexibility index (Phi) is 10.9. The molecule has 0 aliphatic heterocycles. The highest BCUT2D eigenvalue weighted by Gasteiger charge is 2.36. The Morgan fingerprint density at radius 3 is 2.19 bits per heavy atom. The van der Waals surface area contributed by atoms with Crippen molar-refractivity contribution in [1.29, 1.82) is 0 Å². The van der Waals surface area contributed by atoms with Gasteiger partial charge in [-0.05, 0) is 37.0 Å². The first kappa shape index (κ1) is 27.2. The highest BCUT2D eigenvalue weighted by molar-refractivity contribution is 5.91. The van der Waals surface area contributed by atoms with Crippen molar-refractivity contribution in [3.05, 3.63) is 42.5 Å². The van der Waals surface area contributed by atoms with Crippen LogP contribution >= 0.6 is 0 Å². The van der Waals surface area contributed by atoms with Crippen LogP contribution in [0.25, 0.3) is 0 Å². The van der Waals surface area contributed by atoms with Gasteiger partial charge >= 0.3 is 5.97 Å². The number of methoxy groups -OCH3 is 1. The molecule has 1 rings (SSSR count). The van der Waals surface area contributed by atoms with E-state index in [1.54, 1.807) is 40.3 Å². The quantitative estimate of drug-likeness (QED) is 0.388. The summed E-state index contributed by atoms with van der Waals surface area (Å²) in [6.07, 6.45) is 2.49. The van der Waals surface area contributed by atoms with Gasteiger partial charge in [0.15, 0.2) is 0 Å². The maximum absolute atomic E-state index is 13.1. The molecule has 0 saturated heterocycles. The number of benzene rings is 1. The smallest absolute Gasteiger partial charge is 0.329 e. The van der Waals surface area contributed by atoms with E-state index in [1.807, 2.05) is 26.0 Å². The van der Waals surface area contributed by atoms with Crippen LogP contribution in [0, 0.1) is 5.92 Å². The third-order valence-corrected chi connectivity index (χ3v) is 5.75. The van der Waals surface area contributed by atoms with Gasteiger partial charge in [-0.15, -0.1) is 0 Å². The van der Waals surface area contributed by atoms with E-state index in [1.165, 1.54) is 15.9 Å². The second-order valence-electron chi connectivity index (χ2n) is 7.98. The first-order valence-corrected chi connectivity index (χ1v) is 10.8. The predicted octanol–water partition coefficient (Wildman–Crippen LogP) is 2.01. The lowest BCUT2D eigenvalue weighted by molar-refractivity contribution is -0.157. The predicted molar refractivity (Wildman–Crippen MR) is 124 cm³/mol. The summed E-state index contributed by atoms with van der Waals surface area (Å²) >= 11 is 0. The topological polar surface area (TPSA) is 102 Å². The van der Waals surface area contributed by atoms with Gasteiger partial charge in [0.05, 0.1) is 13.2 Å². The van der Waals surface area contributed by atoms with Gasteiger partial charge in [0.2, 0.25) is 11.8 Å². The van der Waals surface area contributed by atoms with E-state index < -0.39 is 24.1 Å². The Bertz CT molecular complexity index is 780. The fraction of sp³-hybridized carbons (Fsp3) is 0.542. The normalized spacial score (nSPS) is 14.5. The van der Waals surface area contributed by atoms with Crippen molar-refractivity contribution >= 4 is 17.8 Å². The highest BCUT2D eigenvalue weighted by atomic mass is 16.5. The van der Waals surface area contributed by atoms with Crippen LogP contribution in [-0.4, -0.2) is 73.5 Å². The van der Waals surface area contributed by atoms with Gasteiger partial charge < -0.3 is 25.0 Å². The Morgan fingerprint density at radius 2 is 1.69 bits per heavy atom. The molecule has 0 spiro atoms. The summed E-state index contributed by atoms with van der Waals surface area (Å²) in [6, 6.07) is 4.94. The molecule has 0 aromatic heterocycles. The molecule has 0 heterocycles. The second-order valence-corrected chi connectivity index (χ2v) is 7.98. The van der Waals surface area contributed by atoms with Crippen molar-refractivity contribution in [3.8, 4) is 5.75 Å². The minimum atomic E-state index is -0.808. The standard InChI is InChI=1S/C24H37N3O5/c1-8-14-32-24(30)21(16(3)9-2)27(6)22(28)17(4)26(5)23(29)20(25)15-18-10-12-19(31-7)13-11-18/h8,10-13,16-17,20-21H,1,9,14-15,25H2,2-7H3/t16-,17-,20-,21-/m0/s1. The number of carbonyl (C=O) groups excluding carboxylic acids is 3. The van der Waals surface area contributed by atoms with E-state index >= 15 is 0 Å². The summed E-state index contributed by atoms with van der Waals surface area (Å²) in [5, 5.41) is 0. The van der Waals surface area contributed by atoms with Gasteiger partial charge in [0.25, 0.3) is 0 Å². The lowest BCUT2D eigenvalue weighted by Gasteiger charge is -2.35. The molecule has 0 saturated carbocycles.